The summed E-state index contributed by atoms with van der Waals surface area (Å²) in [7, 11) is 0. The molecule has 0 aliphatic carbocycles. The fourth-order valence-corrected chi connectivity index (χ4v) is 2.63. The number of hydrogen-bond donors (Lipinski definition) is 3. The number of urea groups is 1. The largest absolute Gasteiger partial charge is 0.391 e. The van der Waals surface area contributed by atoms with Crippen molar-refractivity contribution in [3.63, 3.8) is 0 Å². The average Bonchev–Trinajstić information content (AvgIpc) is 3.00. The average molecular weight is 291 g/mol. The first-order chi connectivity index (χ1) is 10.2. The summed E-state index contributed by atoms with van der Waals surface area (Å²) in [5.41, 5.74) is 1.89. The first-order valence-corrected chi connectivity index (χ1v) is 7.77. The van der Waals surface area contributed by atoms with Gasteiger partial charge in [-0.05, 0) is 31.4 Å². The van der Waals surface area contributed by atoms with Gasteiger partial charge in [0.2, 0.25) is 0 Å². The summed E-state index contributed by atoms with van der Waals surface area (Å²) in [5.74, 6) is 0. The van der Waals surface area contributed by atoms with Crippen LogP contribution in [0.25, 0.3) is 0 Å². The Labute approximate surface area is 126 Å². The summed E-state index contributed by atoms with van der Waals surface area (Å²) in [6.07, 6.45) is 3.52. The summed E-state index contributed by atoms with van der Waals surface area (Å²) >= 11 is 0. The molecule has 5 heteroatoms. The number of nitrogens with zero attached hydrogens (tertiary/aromatic N) is 1. The third-order valence-corrected chi connectivity index (χ3v) is 3.72. The summed E-state index contributed by atoms with van der Waals surface area (Å²) in [6.45, 7) is 4.37. The Kier molecular flexibility index (Phi) is 5.87. The van der Waals surface area contributed by atoms with E-state index < -0.39 is 6.10 Å². The van der Waals surface area contributed by atoms with Crippen LogP contribution in [0.5, 0.6) is 0 Å². The highest BCUT2D eigenvalue weighted by molar-refractivity contribution is 5.93. The number of rotatable bonds is 6. The Bertz CT molecular complexity index is 459. The van der Waals surface area contributed by atoms with E-state index in [1.165, 1.54) is 12.8 Å². The zero-order chi connectivity index (χ0) is 15.1. The van der Waals surface area contributed by atoms with Gasteiger partial charge in [0, 0.05) is 19.6 Å². The van der Waals surface area contributed by atoms with E-state index >= 15 is 0 Å². The molecule has 3 N–H and O–H groups in total. The van der Waals surface area contributed by atoms with Gasteiger partial charge in [0.05, 0.1) is 17.5 Å². The number of anilines is 2. The minimum Gasteiger partial charge on any atom is -0.391 e. The van der Waals surface area contributed by atoms with E-state index in [1.807, 2.05) is 31.2 Å². The van der Waals surface area contributed by atoms with Crippen molar-refractivity contribution in [2.75, 3.05) is 29.9 Å². The van der Waals surface area contributed by atoms with E-state index in [0.29, 0.717) is 6.42 Å². The SMILES string of the molecule is CCCC(O)CNC(=O)Nc1ccccc1N1CCCC1. The minimum absolute atomic E-state index is 0.267. The van der Waals surface area contributed by atoms with Crippen LogP contribution in [0.15, 0.2) is 24.3 Å². The molecule has 2 amide bonds. The number of aliphatic hydroxyl groups is 1. The maximum atomic E-state index is 11.9. The van der Waals surface area contributed by atoms with E-state index in [-0.39, 0.29) is 12.6 Å². The Hall–Kier alpha value is -1.75. The lowest BCUT2D eigenvalue weighted by atomic mass is 10.2. The van der Waals surface area contributed by atoms with Gasteiger partial charge in [-0.15, -0.1) is 0 Å². The highest BCUT2D eigenvalue weighted by Gasteiger charge is 2.16. The van der Waals surface area contributed by atoms with Crippen molar-refractivity contribution >= 4 is 17.4 Å². The molecule has 0 bridgehead atoms. The maximum Gasteiger partial charge on any atom is 0.319 e. The van der Waals surface area contributed by atoms with Gasteiger partial charge >= 0.3 is 6.03 Å². The minimum atomic E-state index is -0.477. The standard InChI is InChI=1S/C16H25N3O2/c1-2-7-13(20)12-17-16(21)18-14-8-3-4-9-15(14)19-10-5-6-11-19/h3-4,8-9,13,20H,2,5-7,10-12H2,1H3,(H2,17,18,21). The quantitative estimate of drug-likeness (QED) is 0.755. The summed E-state index contributed by atoms with van der Waals surface area (Å²) in [4.78, 5) is 14.2. The Morgan fingerprint density at radius 1 is 1.33 bits per heavy atom. The monoisotopic (exact) mass is 291 g/mol. The first kappa shape index (κ1) is 15.6. The predicted molar refractivity (Wildman–Crippen MR) is 85.8 cm³/mol. The molecule has 0 spiro atoms. The molecule has 21 heavy (non-hydrogen) atoms. The number of para-hydroxylation sites is 2. The molecule has 116 valence electrons. The van der Waals surface area contributed by atoms with Crippen LogP contribution in [0.1, 0.15) is 32.6 Å². The zero-order valence-electron chi connectivity index (χ0n) is 12.6. The van der Waals surface area contributed by atoms with Crippen molar-refractivity contribution < 1.29 is 9.90 Å². The van der Waals surface area contributed by atoms with Crippen LogP contribution in [-0.4, -0.2) is 36.9 Å². The Balaban J connectivity index is 1.91. The highest BCUT2D eigenvalue weighted by Crippen LogP contribution is 2.28. The molecule has 1 aromatic carbocycles. The summed E-state index contributed by atoms with van der Waals surface area (Å²) in [6, 6.07) is 7.59. The number of hydrogen-bond acceptors (Lipinski definition) is 3. The lowest BCUT2D eigenvalue weighted by molar-refractivity contribution is 0.162. The summed E-state index contributed by atoms with van der Waals surface area (Å²) < 4.78 is 0. The number of aliphatic hydroxyl groups excluding tert-OH is 1. The molecule has 0 saturated carbocycles. The fraction of sp³-hybridized carbons (Fsp3) is 0.562. The third-order valence-electron chi connectivity index (χ3n) is 3.72. The second-order valence-electron chi connectivity index (χ2n) is 5.49. The van der Waals surface area contributed by atoms with Crippen molar-refractivity contribution in [3.8, 4) is 0 Å². The van der Waals surface area contributed by atoms with E-state index in [1.54, 1.807) is 0 Å². The molecule has 0 radical (unpaired) electrons. The van der Waals surface area contributed by atoms with E-state index in [4.69, 9.17) is 0 Å². The van der Waals surface area contributed by atoms with Crippen molar-refractivity contribution in [2.45, 2.75) is 38.7 Å². The number of nitrogens with one attached hydrogen (secondary N) is 2. The molecule has 5 nitrogen and oxygen atoms in total. The van der Waals surface area contributed by atoms with Crippen molar-refractivity contribution in [3.05, 3.63) is 24.3 Å². The zero-order valence-corrected chi connectivity index (χ0v) is 12.6. The lowest BCUT2D eigenvalue weighted by Gasteiger charge is -2.21. The van der Waals surface area contributed by atoms with Gasteiger partial charge in [-0.1, -0.05) is 25.5 Å². The predicted octanol–water partition coefficient (Wildman–Crippen LogP) is 2.57. The number of amides is 2. The van der Waals surface area contributed by atoms with E-state index in [0.717, 1.165) is 30.9 Å². The molecular formula is C16H25N3O2. The molecular weight excluding hydrogens is 266 g/mol. The Morgan fingerprint density at radius 3 is 2.76 bits per heavy atom. The van der Waals surface area contributed by atoms with Crippen LogP contribution in [0.3, 0.4) is 0 Å². The van der Waals surface area contributed by atoms with Crippen LogP contribution < -0.4 is 15.5 Å². The normalized spacial score (nSPS) is 15.8. The van der Waals surface area contributed by atoms with Crippen LogP contribution >= 0.6 is 0 Å². The third kappa shape index (κ3) is 4.63. The van der Waals surface area contributed by atoms with Gasteiger partial charge in [0.25, 0.3) is 0 Å². The van der Waals surface area contributed by atoms with Gasteiger partial charge < -0.3 is 20.6 Å². The topological polar surface area (TPSA) is 64.6 Å². The van der Waals surface area contributed by atoms with Crippen molar-refractivity contribution in [1.29, 1.82) is 0 Å². The van der Waals surface area contributed by atoms with Crippen molar-refractivity contribution in [2.24, 2.45) is 0 Å². The second kappa shape index (κ2) is 7.88. The molecule has 2 rings (SSSR count). The number of carbonyl (C=O) groups excluding carboxylic acids is 1. The molecule has 1 atom stereocenters. The molecule has 1 aliphatic heterocycles. The van der Waals surface area contributed by atoms with Gasteiger partial charge in [-0.3, -0.25) is 0 Å². The fourth-order valence-electron chi connectivity index (χ4n) is 2.63. The smallest absolute Gasteiger partial charge is 0.319 e. The van der Waals surface area contributed by atoms with Crippen LogP contribution in [0.4, 0.5) is 16.2 Å². The Morgan fingerprint density at radius 2 is 2.05 bits per heavy atom. The van der Waals surface area contributed by atoms with E-state index in [2.05, 4.69) is 15.5 Å². The maximum absolute atomic E-state index is 11.9. The van der Waals surface area contributed by atoms with Crippen LogP contribution in [0, 0.1) is 0 Å². The summed E-state index contributed by atoms with van der Waals surface area (Å²) in [5, 5.41) is 15.2. The van der Waals surface area contributed by atoms with Crippen molar-refractivity contribution in [1.82, 2.24) is 5.32 Å². The van der Waals surface area contributed by atoms with Crippen LogP contribution in [0.2, 0.25) is 0 Å². The molecule has 1 aliphatic rings. The van der Waals surface area contributed by atoms with Crippen LogP contribution in [-0.2, 0) is 0 Å². The molecule has 1 heterocycles. The molecule has 1 aromatic rings. The molecule has 1 fully saturated rings. The second-order valence-corrected chi connectivity index (χ2v) is 5.49. The van der Waals surface area contributed by atoms with E-state index in [9.17, 15) is 9.90 Å². The van der Waals surface area contributed by atoms with Gasteiger partial charge in [0.1, 0.15) is 0 Å². The van der Waals surface area contributed by atoms with Gasteiger partial charge in [-0.25, -0.2) is 4.79 Å². The van der Waals surface area contributed by atoms with Gasteiger partial charge in [-0.2, -0.15) is 0 Å². The first-order valence-electron chi connectivity index (χ1n) is 7.77. The molecule has 1 unspecified atom stereocenters. The molecule has 1 saturated heterocycles. The number of benzene rings is 1. The van der Waals surface area contributed by atoms with Gasteiger partial charge in [0.15, 0.2) is 0 Å². The highest BCUT2D eigenvalue weighted by atomic mass is 16.3. The number of carbonyl (C=O) groups is 1. The molecule has 0 aromatic heterocycles. The lowest BCUT2D eigenvalue weighted by Crippen LogP contribution is -2.35.